The summed E-state index contributed by atoms with van der Waals surface area (Å²) in [7, 11) is 0. The summed E-state index contributed by atoms with van der Waals surface area (Å²) in [4.78, 5) is 21.4. The fraction of sp³-hybridized carbons (Fsp3) is 0.0909. The van der Waals surface area contributed by atoms with E-state index in [9.17, 15) is 4.79 Å². The first-order chi connectivity index (χ1) is 9.06. The van der Waals surface area contributed by atoms with E-state index < -0.39 is 0 Å². The molecule has 2 heterocycles. The maximum atomic E-state index is 11.8. The van der Waals surface area contributed by atoms with Crippen LogP contribution in [0.2, 0.25) is 0 Å². The third kappa shape index (κ3) is 4.39. The van der Waals surface area contributed by atoms with Crippen molar-refractivity contribution in [3.8, 4) is 0 Å². The summed E-state index contributed by atoms with van der Waals surface area (Å²) in [5.74, 6) is 0.185. The van der Waals surface area contributed by atoms with Crippen LogP contribution >= 0.6 is 44.3 Å². The third-order valence-corrected chi connectivity index (χ3v) is 4.05. The Morgan fingerprint density at radius 1 is 1.45 bits per heavy atom. The predicted octanol–water partition coefficient (Wildman–Crippen LogP) is 2.71. The smallest absolute Gasteiger partial charge is 0.268 e. The summed E-state index contributed by atoms with van der Waals surface area (Å²) in [6.45, 7) is 0.409. The molecule has 1 amide bonds. The van der Waals surface area contributed by atoms with E-state index >= 15 is 0 Å². The number of carbonyl (C=O) groups excluding carboxylic acids is 1. The molecule has 0 atom stereocenters. The molecule has 0 bridgehead atoms. The Balaban J connectivity index is 0.00000200. The number of nitrogens with zero attached hydrogens (tertiary/aromatic N) is 1. The minimum atomic E-state index is -0.180. The second kappa shape index (κ2) is 7.51. The summed E-state index contributed by atoms with van der Waals surface area (Å²) in [6, 6.07) is 1.71. The third-order valence-electron chi connectivity index (χ3n) is 2.26. The molecule has 2 rings (SSSR count). The normalized spacial score (nSPS) is 10.5. The van der Waals surface area contributed by atoms with Crippen LogP contribution in [0.5, 0.6) is 0 Å². The van der Waals surface area contributed by atoms with Crippen molar-refractivity contribution in [3.63, 3.8) is 0 Å². The number of hydrogen-bond donors (Lipinski definition) is 4. The zero-order chi connectivity index (χ0) is 13.8. The summed E-state index contributed by atoms with van der Waals surface area (Å²) in [5.41, 5.74) is 6.71. The number of nitrogens with one attached hydrogen (secondary N) is 3. The van der Waals surface area contributed by atoms with Gasteiger partial charge in [0, 0.05) is 6.54 Å². The van der Waals surface area contributed by atoms with E-state index in [-0.39, 0.29) is 18.3 Å². The lowest BCUT2D eigenvalue weighted by atomic mass is 10.4. The SMILES string of the molecule is Cl.Nc1ncc(/C=C/CNC(=O)c2cc(Br)c(Br)[nH]2)[nH]1. The molecule has 20 heavy (non-hydrogen) atoms. The number of aromatic amines is 2. The lowest BCUT2D eigenvalue weighted by Gasteiger charge is -1.98. The van der Waals surface area contributed by atoms with Crippen LogP contribution < -0.4 is 11.1 Å². The van der Waals surface area contributed by atoms with Crippen molar-refractivity contribution in [2.24, 2.45) is 0 Å². The molecule has 0 aliphatic rings. The standard InChI is InChI=1S/C11H11Br2N5O.ClH/c12-7-4-8(18-9(7)13)10(19)15-3-1-2-6-5-16-11(14)17-6;/h1-2,4-5,18H,3H2,(H,15,19)(H3,14,16,17);1H/b2-1+;. The second-order valence-electron chi connectivity index (χ2n) is 3.68. The molecule has 0 fully saturated rings. The molecule has 0 spiro atoms. The van der Waals surface area contributed by atoms with E-state index in [0.29, 0.717) is 18.2 Å². The fourth-order valence-electron chi connectivity index (χ4n) is 1.40. The molecule has 0 aliphatic carbocycles. The van der Waals surface area contributed by atoms with Gasteiger partial charge in [-0.25, -0.2) is 4.98 Å². The second-order valence-corrected chi connectivity index (χ2v) is 5.33. The molecule has 6 nitrogen and oxygen atoms in total. The Hall–Kier alpha value is -1.25. The van der Waals surface area contributed by atoms with E-state index in [4.69, 9.17) is 5.73 Å². The topological polar surface area (TPSA) is 99.6 Å². The van der Waals surface area contributed by atoms with Gasteiger partial charge in [-0.15, -0.1) is 12.4 Å². The molecule has 0 saturated carbocycles. The van der Waals surface area contributed by atoms with Crippen molar-refractivity contribution in [1.82, 2.24) is 20.3 Å². The minimum absolute atomic E-state index is 0. The first kappa shape index (κ1) is 16.8. The molecule has 0 saturated heterocycles. The van der Waals surface area contributed by atoms with E-state index in [1.165, 1.54) is 0 Å². The first-order valence-electron chi connectivity index (χ1n) is 5.35. The van der Waals surface area contributed by atoms with Crippen molar-refractivity contribution in [1.29, 1.82) is 0 Å². The number of nitrogen functional groups attached to an aromatic ring is 1. The van der Waals surface area contributed by atoms with Gasteiger partial charge in [-0.1, -0.05) is 6.08 Å². The number of nitrogens with two attached hydrogens (primary N) is 1. The fourth-order valence-corrected chi connectivity index (χ4v) is 2.05. The number of H-pyrrole nitrogens is 2. The molecule has 0 aromatic carbocycles. The number of hydrogen-bond acceptors (Lipinski definition) is 3. The van der Waals surface area contributed by atoms with Crippen molar-refractivity contribution < 1.29 is 4.79 Å². The van der Waals surface area contributed by atoms with Gasteiger partial charge in [0.15, 0.2) is 5.95 Å². The maximum Gasteiger partial charge on any atom is 0.268 e. The molecule has 0 aliphatic heterocycles. The highest BCUT2D eigenvalue weighted by molar-refractivity contribution is 9.13. The lowest BCUT2D eigenvalue weighted by molar-refractivity contribution is 0.0953. The molecule has 0 unspecified atom stereocenters. The molecular formula is C11H12Br2ClN5O. The highest BCUT2D eigenvalue weighted by Crippen LogP contribution is 2.22. The molecule has 5 N–H and O–H groups in total. The van der Waals surface area contributed by atoms with Crippen LogP contribution in [0.3, 0.4) is 0 Å². The van der Waals surface area contributed by atoms with Crippen molar-refractivity contribution in [3.05, 3.63) is 38.8 Å². The number of imidazole rings is 1. The van der Waals surface area contributed by atoms with Crippen molar-refractivity contribution >= 4 is 62.2 Å². The van der Waals surface area contributed by atoms with Gasteiger partial charge in [-0.3, -0.25) is 4.79 Å². The molecule has 0 radical (unpaired) electrons. The average molecular weight is 426 g/mol. The van der Waals surface area contributed by atoms with Gasteiger partial charge in [-0.05, 0) is 44.0 Å². The summed E-state index contributed by atoms with van der Waals surface area (Å²) < 4.78 is 1.54. The van der Waals surface area contributed by atoms with Crippen LogP contribution in [0.4, 0.5) is 5.95 Å². The highest BCUT2D eigenvalue weighted by Gasteiger charge is 2.09. The van der Waals surface area contributed by atoms with Crippen LogP contribution in [0.25, 0.3) is 6.08 Å². The Bertz CT molecular complexity index is 603. The van der Waals surface area contributed by atoms with E-state index in [2.05, 4.69) is 52.1 Å². The number of halogens is 3. The number of amides is 1. The first-order valence-corrected chi connectivity index (χ1v) is 6.94. The Kier molecular flexibility index (Phi) is 6.31. The largest absolute Gasteiger partial charge is 0.369 e. The Morgan fingerprint density at radius 2 is 2.20 bits per heavy atom. The van der Waals surface area contributed by atoms with Crippen molar-refractivity contribution in [2.45, 2.75) is 0 Å². The van der Waals surface area contributed by atoms with E-state index in [1.54, 1.807) is 24.4 Å². The predicted molar refractivity (Wildman–Crippen MR) is 87.8 cm³/mol. The number of carbonyl (C=O) groups is 1. The lowest BCUT2D eigenvalue weighted by Crippen LogP contribution is -2.23. The van der Waals surface area contributed by atoms with Crippen LogP contribution in [0.1, 0.15) is 16.2 Å². The number of anilines is 1. The zero-order valence-electron chi connectivity index (χ0n) is 10.1. The monoisotopic (exact) mass is 423 g/mol. The van der Waals surface area contributed by atoms with Crippen LogP contribution in [-0.2, 0) is 0 Å². The Labute approximate surface area is 138 Å². The van der Waals surface area contributed by atoms with Gasteiger partial charge in [-0.2, -0.15) is 0 Å². The van der Waals surface area contributed by atoms with E-state index in [1.807, 2.05) is 0 Å². The van der Waals surface area contributed by atoms with Crippen molar-refractivity contribution in [2.75, 3.05) is 12.3 Å². The van der Waals surface area contributed by atoms with Crippen LogP contribution in [0.15, 0.2) is 27.4 Å². The van der Waals surface area contributed by atoms with E-state index in [0.717, 1.165) is 14.8 Å². The highest BCUT2D eigenvalue weighted by atomic mass is 79.9. The summed E-state index contributed by atoms with van der Waals surface area (Å²) in [5, 5.41) is 2.75. The molecule has 108 valence electrons. The number of rotatable bonds is 4. The van der Waals surface area contributed by atoms with Gasteiger partial charge in [0.2, 0.25) is 0 Å². The number of aromatic nitrogens is 3. The molecule has 9 heteroatoms. The van der Waals surface area contributed by atoms with Gasteiger partial charge >= 0.3 is 0 Å². The molecule has 2 aromatic rings. The molecular weight excluding hydrogens is 413 g/mol. The van der Waals surface area contributed by atoms with Gasteiger partial charge in [0.05, 0.1) is 21.0 Å². The summed E-state index contributed by atoms with van der Waals surface area (Å²) >= 11 is 6.58. The quantitative estimate of drug-likeness (QED) is 0.606. The zero-order valence-corrected chi connectivity index (χ0v) is 14.1. The maximum absolute atomic E-state index is 11.8. The van der Waals surface area contributed by atoms with Gasteiger partial charge in [0.25, 0.3) is 5.91 Å². The Morgan fingerprint density at radius 3 is 2.75 bits per heavy atom. The van der Waals surface area contributed by atoms with Gasteiger partial charge < -0.3 is 21.0 Å². The average Bonchev–Trinajstić information content (AvgIpc) is 2.92. The summed E-state index contributed by atoms with van der Waals surface area (Å²) in [6.07, 6.45) is 5.22. The van der Waals surface area contributed by atoms with Crippen LogP contribution in [-0.4, -0.2) is 27.4 Å². The van der Waals surface area contributed by atoms with Crippen LogP contribution in [0, 0.1) is 0 Å². The molecule has 2 aromatic heterocycles. The van der Waals surface area contributed by atoms with Gasteiger partial charge in [0.1, 0.15) is 5.69 Å². The minimum Gasteiger partial charge on any atom is -0.369 e.